The summed E-state index contributed by atoms with van der Waals surface area (Å²) in [5.41, 5.74) is -0.692. The lowest BCUT2D eigenvalue weighted by molar-refractivity contribution is -0.135. The molecule has 204 valence electrons. The Balaban J connectivity index is 1.69. The van der Waals surface area contributed by atoms with Crippen LogP contribution in [-0.2, 0) is 19.1 Å². The molecule has 6 heteroatoms. The lowest BCUT2D eigenvalue weighted by atomic mass is 9.75. The highest BCUT2D eigenvalue weighted by Crippen LogP contribution is 2.50. The van der Waals surface area contributed by atoms with E-state index in [4.69, 9.17) is 9.47 Å². The van der Waals surface area contributed by atoms with E-state index in [2.05, 4.69) is 49.9 Å². The van der Waals surface area contributed by atoms with E-state index >= 15 is 0 Å². The van der Waals surface area contributed by atoms with Crippen molar-refractivity contribution in [3.05, 3.63) is 24.0 Å². The van der Waals surface area contributed by atoms with Gasteiger partial charge >= 0.3 is 0 Å². The van der Waals surface area contributed by atoms with Gasteiger partial charge in [0.15, 0.2) is 0 Å². The highest BCUT2D eigenvalue weighted by molar-refractivity contribution is 5.88. The number of ketones is 1. The van der Waals surface area contributed by atoms with Crippen LogP contribution in [0.1, 0.15) is 65.2 Å². The summed E-state index contributed by atoms with van der Waals surface area (Å²) in [5, 5.41) is 0. The predicted octanol–water partition coefficient (Wildman–Crippen LogP) is 4.66. The topological polar surface area (TPSA) is 59.1 Å². The first-order valence-electron chi connectivity index (χ1n) is 14.3. The summed E-state index contributed by atoms with van der Waals surface area (Å²) in [6.45, 7) is 4.73. The van der Waals surface area contributed by atoms with Crippen molar-refractivity contribution >= 4 is 11.7 Å². The molecular weight excluding hydrogens is 464 g/mol. The molecule has 0 spiro atoms. The van der Waals surface area contributed by atoms with Crippen LogP contribution in [0, 0.1) is 46.8 Å². The van der Waals surface area contributed by atoms with Crippen molar-refractivity contribution in [2.75, 3.05) is 34.9 Å². The molecule has 0 bridgehead atoms. The molecule has 4 rings (SSSR count). The third kappa shape index (κ3) is 5.54. The number of ether oxygens (including phenoxy) is 2. The lowest BCUT2D eigenvalue weighted by Gasteiger charge is -2.35. The molecule has 1 saturated carbocycles. The second-order valence-electron chi connectivity index (χ2n) is 11.8. The Hall–Kier alpha value is -2.10. The van der Waals surface area contributed by atoms with Crippen LogP contribution < -0.4 is 0 Å². The van der Waals surface area contributed by atoms with Crippen LogP contribution in [0.5, 0.6) is 0 Å². The number of fused-ring (bicyclic) bond motifs is 1. The molecule has 0 aromatic rings. The number of nitrogens with zero attached hydrogens (tertiary/aromatic N) is 2. The summed E-state index contributed by atoms with van der Waals surface area (Å²) in [6.07, 6.45) is 13.1. The Morgan fingerprint density at radius 2 is 2.00 bits per heavy atom. The molecule has 1 saturated heterocycles. The molecule has 37 heavy (non-hydrogen) atoms. The van der Waals surface area contributed by atoms with Gasteiger partial charge in [-0.2, -0.15) is 0 Å². The van der Waals surface area contributed by atoms with Crippen molar-refractivity contribution in [1.29, 1.82) is 0 Å². The van der Waals surface area contributed by atoms with E-state index < -0.39 is 11.6 Å². The average molecular weight is 511 g/mol. The smallest absolute Gasteiger partial charge is 0.226 e. The number of hydrogen-bond donors (Lipinski definition) is 0. The zero-order chi connectivity index (χ0) is 26.7. The van der Waals surface area contributed by atoms with Crippen molar-refractivity contribution in [3.8, 4) is 11.8 Å². The Labute approximate surface area is 223 Å². The standard InChI is InChI=1S/C31H46N2O4/c1-7-21-11-9-10-12-22(28(21)32(3)4)15-16-31(20-27(34)33(5)30(31)37-8-2)19-24-17-23-13-14-25(36-6)18-26(23)29(24)35/h10,12,18,21-24,26,28,30H,7-9,11,13-14,17,19-20H2,1-6H3. The Morgan fingerprint density at radius 1 is 1.22 bits per heavy atom. The summed E-state index contributed by atoms with van der Waals surface area (Å²) in [4.78, 5) is 30.7. The van der Waals surface area contributed by atoms with Crippen LogP contribution in [0.3, 0.4) is 0 Å². The van der Waals surface area contributed by atoms with E-state index in [1.54, 1.807) is 12.0 Å². The van der Waals surface area contributed by atoms with Gasteiger partial charge in [0.25, 0.3) is 0 Å². The Morgan fingerprint density at radius 3 is 2.68 bits per heavy atom. The van der Waals surface area contributed by atoms with Crippen LogP contribution in [-0.4, -0.2) is 68.6 Å². The maximum atomic E-state index is 13.6. The van der Waals surface area contributed by atoms with Crippen LogP contribution >= 0.6 is 0 Å². The van der Waals surface area contributed by atoms with Crippen LogP contribution in [0.4, 0.5) is 0 Å². The number of carbonyl (C=O) groups excluding carboxylic acids is 2. The molecule has 8 unspecified atom stereocenters. The van der Waals surface area contributed by atoms with Gasteiger partial charge in [0, 0.05) is 44.4 Å². The number of rotatable bonds is 7. The second kappa shape index (κ2) is 11.7. The van der Waals surface area contributed by atoms with Gasteiger partial charge < -0.3 is 19.3 Å². The fraction of sp³-hybridized carbons (Fsp3) is 0.742. The maximum absolute atomic E-state index is 13.6. The minimum atomic E-state index is -0.692. The zero-order valence-electron chi connectivity index (χ0n) is 23.7. The third-order valence-corrected chi connectivity index (χ3v) is 9.34. The minimum absolute atomic E-state index is 0.0455. The summed E-state index contributed by atoms with van der Waals surface area (Å²) in [5.74, 6) is 9.38. The van der Waals surface area contributed by atoms with Crippen LogP contribution in [0.2, 0.25) is 0 Å². The van der Waals surface area contributed by atoms with Crippen molar-refractivity contribution in [3.63, 3.8) is 0 Å². The summed E-state index contributed by atoms with van der Waals surface area (Å²) in [6, 6.07) is 0.322. The number of likely N-dealkylation sites (tertiary alicyclic amines) is 1. The minimum Gasteiger partial charge on any atom is -0.501 e. The summed E-state index contributed by atoms with van der Waals surface area (Å²) >= 11 is 0. The second-order valence-corrected chi connectivity index (χ2v) is 11.8. The molecule has 4 aliphatic rings. The number of amides is 1. The lowest BCUT2D eigenvalue weighted by Crippen LogP contribution is -2.42. The molecule has 3 aliphatic carbocycles. The normalized spacial score (nSPS) is 37.8. The summed E-state index contributed by atoms with van der Waals surface area (Å²) < 4.78 is 11.7. The van der Waals surface area contributed by atoms with Gasteiger partial charge in [-0.1, -0.05) is 37.3 Å². The maximum Gasteiger partial charge on any atom is 0.226 e. The fourth-order valence-electron chi connectivity index (χ4n) is 7.48. The van der Waals surface area contributed by atoms with Gasteiger partial charge in [0.2, 0.25) is 5.91 Å². The number of carbonyl (C=O) groups is 2. The number of hydrogen-bond acceptors (Lipinski definition) is 5. The Kier molecular flexibility index (Phi) is 8.86. The van der Waals surface area contributed by atoms with Gasteiger partial charge in [-0.05, 0) is 71.0 Å². The molecule has 1 aliphatic heterocycles. The number of allylic oxidation sites excluding steroid dienone is 3. The van der Waals surface area contributed by atoms with Gasteiger partial charge in [0.05, 0.1) is 24.2 Å². The monoisotopic (exact) mass is 510 g/mol. The van der Waals surface area contributed by atoms with E-state index in [1.807, 2.05) is 20.0 Å². The SMILES string of the molecule is CCOC1N(C)C(=O)CC1(C#CC1C=CCCC(CC)C1N(C)C)CC1CC2CCC(OC)=CC2C1=O. The Bertz CT molecular complexity index is 975. The van der Waals surface area contributed by atoms with Crippen LogP contribution in [0.15, 0.2) is 24.0 Å². The predicted molar refractivity (Wildman–Crippen MR) is 145 cm³/mol. The van der Waals surface area contributed by atoms with Crippen molar-refractivity contribution in [2.45, 2.75) is 77.5 Å². The first-order chi connectivity index (χ1) is 17.7. The first kappa shape index (κ1) is 27.9. The summed E-state index contributed by atoms with van der Waals surface area (Å²) in [7, 11) is 7.80. The van der Waals surface area contributed by atoms with E-state index in [-0.39, 0.29) is 29.4 Å². The van der Waals surface area contributed by atoms with E-state index in [9.17, 15) is 9.59 Å². The highest BCUT2D eigenvalue weighted by Gasteiger charge is 2.54. The zero-order valence-corrected chi connectivity index (χ0v) is 23.7. The molecule has 0 aromatic carbocycles. The fourth-order valence-corrected chi connectivity index (χ4v) is 7.48. The molecular formula is C31H46N2O4. The van der Waals surface area contributed by atoms with E-state index in [1.165, 1.54) is 0 Å². The van der Waals surface area contributed by atoms with Crippen molar-refractivity contribution in [1.82, 2.24) is 9.80 Å². The average Bonchev–Trinajstić information content (AvgIpc) is 3.19. The largest absolute Gasteiger partial charge is 0.501 e. The molecule has 0 N–H and O–H groups in total. The van der Waals surface area contributed by atoms with E-state index in [0.29, 0.717) is 37.3 Å². The third-order valence-electron chi connectivity index (χ3n) is 9.34. The molecule has 0 radical (unpaired) electrons. The molecule has 0 aromatic heterocycles. The number of Topliss-reactive ketones (excluding diaryl/α,β-unsaturated/α-hetero) is 1. The van der Waals surface area contributed by atoms with Gasteiger partial charge in [0.1, 0.15) is 12.0 Å². The highest BCUT2D eigenvalue weighted by atomic mass is 16.5. The number of methoxy groups -OCH3 is 1. The van der Waals surface area contributed by atoms with Crippen molar-refractivity contribution in [2.24, 2.45) is 35.0 Å². The van der Waals surface area contributed by atoms with Crippen molar-refractivity contribution < 1.29 is 19.1 Å². The first-order valence-corrected chi connectivity index (χ1v) is 14.3. The molecule has 2 fully saturated rings. The van der Waals surface area contributed by atoms with Gasteiger partial charge in [-0.25, -0.2) is 0 Å². The van der Waals surface area contributed by atoms with E-state index in [0.717, 1.165) is 44.3 Å². The quantitative estimate of drug-likeness (QED) is 0.368. The van der Waals surface area contributed by atoms with Gasteiger partial charge in [-0.3, -0.25) is 9.59 Å². The molecule has 6 nitrogen and oxygen atoms in total. The van der Waals surface area contributed by atoms with Crippen LogP contribution in [0.25, 0.3) is 0 Å². The molecule has 8 atom stereocenters. The molecule has 1 amide bonds. The van der Waals surface area contributed by atoms with Gasteiger partial charge in [-0.15, -0.1) is 0 Å². The molecule has 1 heterocycles.